The zero-order valence-electron chi connectivity index (χ0n) is 18.1. The molecule has 1 fully saturated rings. The van der Waals surface area contributed by atoms with Crippen molar-refractivity contribution in [1.29, 1.82) is 0 Å². The predicted octanol–water partition coefficient (Wildman–Crippen LogP) is 5.42. The third-order valence-electron chi connectivity index (χ3n) is 5.95. The minimum atomic E-state index is -0.150. The van der Waals surface area contributed by atoms with Crippen molar-refractivity contribution in [2.75, 3.05) is 31.6 Å². The first kappa shape index (κ1) is 20.5. The Morgan fingerprint density at radius 3 is 2.34 bits per heavy atom. The molecule has 0 radical (unpaired) electrons. The van der Waals surface area contributed by atoms with Gasteiger partial charge in [-0.1, -0.05) is 60.2 Å². The second-order valence-electron chi connectivity index (χ2n) is 8.12. The fraction of sp³-hybridized carbons (Fsp3) is 0.222. The van der Waals surface area contributed by atoms with Gasteiger partial charge in [0, 0.05) is 24.0 Å². The van der Waals surface area contributed by atoms with Gasteiger partial charge in [0.15, 0.2) is 0 Å². The number of para-hydroxylation sites is 1. The highest BCUT2D eigenvalue weighted by Gasteiger charge is 2.31. The van der Waals surface area contributed by atoms with E-state index < -0.39 is 0 Å². The van der Waals surface area contributed by atoms with Gasteiger partial charge in [-0.15, -0.1) is 0 Å². The molecule has 1 N–H and O–H groups in total. The molecule has 0 spiro atoms. The van der Waals surface area contributed by atoms with E-state index in [1.54, 1.807) is 0 Å². The molecule has 5 heteroatoms. The molecule has 3 aromatic carbocycles. The fourth-order valence-corrected chi connectivity index (χ4v) is 4.27. The molecule has 0 unspecified atom stereocenters. The van der Waals surface area contributed by atoms with E-state index in [9.17, 15) is 4.79 Å². The number of amides is 1. The molecule has 5 nitrogen and oxygen atoms in total. The summed E-state index contributed by atoms with van der Waals surface area (Å²) in [6.45, 7) is 5.02. The molecule has 5 rings (SSSR count). The molecular weight excluding hydrogens is 400 g/mol. The Morgan fingerprint density at radius 1 is 0.906 bits per heavy atom. The first-order valence-electron chi connectivity index (χ1n) is 11.0. The number of anilines is 1. The number of nitrogens with one attached hydrogen (secondary N) is 1. The largest absolute Gasteiger partial charge is 0.457 e. The topological polar surface area (TPSA) is 54.7 Å². The van der Waals surface area contributed by atoms with Crippen LogP contribution in [0.1, 0.15) is 33.3 Å². The summed E-state index contributed by atoms with van der Waals surface area (Å²) in [6.07, 6.45) is 0. The van der Waals surface area contributed by atoms with Crippen LogP contribution >= 0.6 is 0 Å². The zero-order valence-corrected chi connectivity index (χ0v) is 18.1. The molecule has 0 bridgehead atoms. The van der Waals surface area contributed by atoms with Gasteiger partial charge in [-0.2, -0.15) is 0 Å². The Labute approximate surface area is 187 Å². The van der Waals surface area contributed by atoms with Gasteiger partial charge in [-0.05, 0) is 36.8 Å². The lowest BCUT2D eigenvalue weighted by molar-refractivity contribution is 0.0206. The summed E-state index contributed by atoms with van der Waals surface area (Å²) in [5.41, 5.74) is 4.44. The standard InChI is InChI=1S/C27H26N2O3/c1-19-11-13-20(14-12-19)25(29-15-17-31-18-16-29)26-24(22-9-5-6-10-23(22)32-26)28-27(30)21-7-3-2-4-8-21/h2-14,25H,15-18H2,1H3,(H,28,30)/t25-/m1/s1. The third-order valence-corrected chi connectivity index (χ3v) is 5.95. The lowest BCUT2D eigenvalue weighted by Gasteiger charge is -2.34. The molecule has 1 saturated heterocycles. The molecular formula is C27H26N2O3. The van der Waals surface area contributed by atoms with Gasteiger partial charge in [0.2, 0.25) is 0 Å². The van der Waals surface area contributed by atoms with E-state index in [2.05, 4.69) is 41.4 Å². The second kappa shape index (κ2) is 8.99. The van der Waals surface area contributed by atoms with E-state index in [0.29, 0.717) is 18.8 Å². The number of hydrogen-bond acceptors (Lipinski definition) is 4. The molecule has 162 valence electrons. The molecule has 1 aliphatic rings. The monoisotopic (exact) mass is 426 g/mol. The fourth-order valence-electron chi connectivity index (χ4n) is 4.27. The Balaban J connectivity index is 1.63. The summed E-state index contributed by atoms with van der Waals surface area (Å²) in [6, 6.07) is 25.5. The number of benzene rings is 3. The van der Waals surface area contributed by atoms with Crippen LogP contribution in [-0.4, -0.2) is 37.1 Å². The second-order valence-corrected chi connectivity index (χ2v) is 8.12. The van der Waals surface area contributed by atoms with E-state index in [1.165, 1.54) is 5.56 Å². The Morgan fingerprint density at radius 2 is 1.59 bits per heavy atom. The Hall–Kier alpha value is -3.41. The summed E-state index contributed by atoms with van der Waals surface area (Å²) in [7, 11) is 0. The SMILES string of the molecule is Cc1ccc([C@H](c2oc3ccccc3c2NC(=O)c2ccccc2)N2CCOCC2)cc1. The van der Waals surface area contributed by atoms with Gasteiger partial charge >= 0.3 is 0 Å². The average Bonchev–Trinajstić information content (AvgIpc) is 3.19. The normalized spacial score (nSPS) is 15.5. The molecule has 1 aliphatic heterocycles. The maximum atomic E-state index is 13.1. The Kier molecular flexibility index (Phi) is 5.75. The first-order valence-corrected chi connectivity index (χ1v) is 11.0. The molecule has 0 saturated carbocycles. The van der Waals surface area contributed by atoms with Crippen molar-refractivity contribution in [2.24, 2.45) is 0 Å². The zero-order chi connectivity index (χ0) is 21.9. The van der Waals surface area contributed by atoms with Crippen LogP contribution in [-0.2, 0) is 4.74 Å². The van der Waals surface area contributed by atoms with Crippen LogP contribution in [0.5, 0.6) is 0 Å². The smallest absolute Gasteiger partial charge is 0.255 e. The van der Waals surface area contributed by atoms with Crippen molar-refractivity contribution in [3.63, 3.8) is 0 Å². The quantitative estimate of drug-likeness (QED) is 0.463. The summed E-state index contributed by atoms with van der Waals surface area (Å²) in [5.74, 6) is 0.601. The van der Waals surface area contributed by atoms with E-state index in [4.69, 9.17) is 9.15 Å². The van der Waals surface area contributed by atoms with Gasteiger partial charge in [0.1, 0.15) is 11.3 Å². The molecule has 32 heavy (non-hydrogen) atoms. The van der Waals surface area contributed by atoms with Gasteiger partial charge in [0.25, 0.3) is 5.91 Å². The van der Waals surface area contributed by atoms with Gasteiger partial charge in [-0.25, -0.2) is 0 Å². The number of aryl methyl sites for hydroxylation is 1. The third kappa shape index (κ3) is 4.05. The number of carbonyl (C=O) groups excluding carboxylic acids is 1. The highest BCUT2D eigenvalue weighted by Crippen LogP contribution is 2.40. The lowest BCUT2D eigenvalue weighted by atomic mass is 9.99. The number of rotatable bonds is 5. The van der Waals surface area contributed by atoms with Gasteiger partial charge < -0.3 is 14.5 Å². The summed E-state index contributed by atoms with van der Waals surface area (Å²) < 4.78 is 12.0. The predicted molar refractivity (Wildman–Crippen MR) is 126 cm³/mol. The van der Waals surface area contributed by atoms with Crippen LogP contribution in [0.2, 0.25) is 0 Å². The van der Waals surface area contributed by atoms with E-state index >= 15 is 0 Å². The maximum absolute atomic E-state index is 13.1. The van der Waals surface area contributed by atoms with Gasteiger partial charge in [0.05, 0.1) is 24.9 Å². The molecule has 4 aromatic rings. The van der Waals surface area contributed by atoms with Crippen LogP contribution in [0.25, 0.3) is 11.0 Å². The van der Waals surface area contributed by atoms with Crippen molar-refractivity contribution in [3.8, 4) is 0 Å². The summed E-state index contributed by atoms with van der Waals surface area (Å²) in [4.78, 5) is 15.5. The van der Waals surface area contributed by atoms with Crippen molar-refractivity contribution in [2.45, 2.75) is 13.0 Å². The highest BCUT2D eigenvalue weighted by molar-refractivity contribution is 6.09. The molecule has 1 atom stereocenters. The van der Waals surface area contributed by atoms with Crippen LogP contribution in [0.15, 0.2) is 83.3 Å². The maximum Gasteiger partial charge on any atom is 0.255 e. The van der Waals surface area contributed by atoms with Crippen LogP contribution in [0.3, 0.4) is 0 Å². The molecule has 0 aliphatic carbocycles. The van der Waals surface area contributed by atoms with E-state index in [0.717, 1.165) is 41.1 Å². The average molecular weight is 427 g/mol. The van der Waals surface area contributed by atoms with Crippen molar-refractivity contribution in [3.05, 3.63) is 101 Å². The number of hydrogen-bond donors (Lipinski definition) is 1. The minimum absolute atomic E-state index is 0.127. The first-order chi connectivity index (χ1) is 15.7. The minimum Gasteiger partial charge on any atom is -0.457 e. The van der Waals surface area contributed by atoms with E-state index in [-0.39, 0.29) is 11.9 Å². The lowest BCUT2D eigenvalue weighted by Crippen LogP contribution is -2.39. The number of carbonyl (C=O) groups is 1. The number of furan rings is 1. The number of ether oxygens (including phenoxy) is 1. The number of morpholine rings is 1. The molecule has 1 amide bonds. The molecule has 2 heterocycles. The number of nitrogens with zero attached hydrogens (tertiary/aromatic N) is 1. The number of fused-ring (bicyclic) bond motifs is 1. The van der Waals surface area contributed by atoms with E-state index in [1.807, 2.05) is 54.6 Å². The van der Waals surface area contributed by atoms with Crippen molar-refractivity contribution in [1.82, 2.24) is 4.90 Å². The molecule has 1 aromatic heterocycles. The van der Waals surface area contributed by atoms with Gasteiger partial charge in [-0.3, -0.25) is 9.69 Å². The van der Waals surface area contributed by atoms with Crippen molar-refractivity contribution >= 4 is 22.6 Å². The summed E-state index contributed by atoms with van der Waals surface area (Å²) >= 11 is 0. The van der Waals surface area contributed by atoms with Crippen molar-refractivity contribution < 1.29 is 13.9 Å². The highest BCUT2D eigenvalue weighted by atomic mass is 16.5. The van der Waals surface area contributed by atoms with Crippen LogP contribution in [0.4, 0.5) is 5.69 Å². The van der Waals surface area contributed by atoms with Crippen LogP contribution < -0.4 is 5.32 Å². The van der Waals surface area contributed by atoms with Crippen LogP contribution in [0, 0.1) is 6.92 Å². The summed E-state index contributed by atoms with van der Waals surface area (Å²) in [5, 5.41) is 4.06. The Bertz CT molecular complexity index is 1210.